The van der Waals surface area contributed by atoms with E-state index in [9.17, 15) is 41.3 Å². The molecule has 0 spiro atoms. The average molecular weight is 484 g/mol. The number of hydrogen-bond donors (Lipinski definition) is 0. The second-order valence-corrected chi connectivity index (χ2v) is 7.16. The van der Waals surface area contributed by atoms with Gasteiger partial charge in [0, 0.05) is 36.5 Å². The van der Waals surface area contributed by atoms with E-state index in [0.717, 1.165) is 7.05 Å². The second-order valence-electron chi connectivity index (χ2n) is 7.16. The summed E-state index contributed by atoms with van der Waals surface area (Å²) >= 11 is 0. The Bertz CT molecular complexity index is 1220. The first-order valence-corrected chi connectivity index (χ1v) is 9.34. The molecule has 0 fully saturated rings. The summed E-state index contributed by atoms with van der Waals surface area (Å²) in [5.74, 6) is -1.50. The van der Waals surface area contributed by atoms with E-state index in [2.05, 4.69) is 9.97 Å². The number of rotatable bonds is 4. The Morgan fingerprint density at radius 3 is 1.97 bits per heavy atom. The van der Waals surface area contributed by atoms with Gasteiger partial charge in [0.1, 0.15) is 0 Å². The topological polar surface area (TPSA) is 89.2 Å². The highest BCUT2D eigenvalue weighted by Crippen LogP contribution is 2.36. The van der Waals surface area contributed by atoms with E-state index in [1.165, 1.54) is 30.5 Å². The summed E-state index contributed by atoms with van der Waals surface area (Å²) in [4.78, 5) is 31.9. The zero-order valence-corrected chi connectivity index (χ0v) is 17.4. The molecule has 0 aliphatic carbocycles. The van der Waals surface area contributed by atoms with E-state index in [0.29, 0.717) is 28.2 Å². The Kier molecular flexibility index (Phi) is 6.31. The number of non-ortho nitro benzene ring substituents is 1. The number of nitro groups is 1. The standard InChI is InChI=1S/C21H14F6N4O3/c1-11-10-28-19(29-17(11)12-3-5-16(6-4-12)31(33)34)30(2)18(32)13-7-14(20(22,23)24)9-15(8-13)21(25,26)27/h3-10H,1-2H3. The molecule has 0 radical (unpaired) electrons. The third-order valence-electron chi connectivity index (χ3n) is 4.75. The maximum atomic E-state index is 13.1. The molecular weight excluding hydrogens is 470 g/mol. The monoisotopic (exact) mass is 484 g/mol. The van der Waals surface area contributed by atoms with Crippen molar-refractivity contribution in [3.05, 3.63) is 81.0 Å². The predicted molar refractivity (Wildman–Crippen MR) is 108 cm³/mol. The van der Waals surface area contributed by atoms with Crippen molar-refractivity contribution in [2.45, 2.75) is 19.3 Å². The summed E-state index contributed by atoms with van der Waals surface area (Å²) in [6, 6.07) is 5.83. The van der Waals surface area contributed by atoms with Crippen LogP contribution in [0, 0.1) is 17.0 Å². The molecule has 7 nitrogen and oxygen atoms in total. The SMILES string of the molecule is Cc1cnc(N(C)C(=O)c2cc(C(F)(F)F)cc(C(F)(F)F)c2)nc1-c1ccc([N+](=O)[O-])cc1. The highest BCUT2D eigenvalue weighted by molar-refractivity contribution is 6.05. The van der Waals surface area contributed by atoms with E-state index in [-0.39, 0.29) is 23.4 Å². The molecule has 3 aromatic rings. The molecule has 0 N–H and O–H groups in total. The lowest BCUT2D eigenvalue weighted by molar-refractivity contribution is -0.384. The number of anilines is 1. The quantitative estimate of drug-likeness (QED) is 0.270. The second kappa shape index (κ2) is 8.72. The number of hydrogen-bond acceptors (Lipinski definition) is 5. The fraction of sp³-hybridized carbons (Fsp3) is 0.190. The lowest BCUT2D eigenvalue weighted by Crippen LogP contribution is -2.29. The number of nitrogens with zero attached hydrogens (tertiary/aromatic N) is 4. The lowest BCUT2D eigenvalue weighted by Gasteiger charge is -2.19. The lowest BCUT2D eigenvalue weighted by atomic mass is 10.0. The van der Waals surface area contributed by atoms with Gasteiger partial charge in [-0.05, 0) is 42.8 Å². The molecule has 1 heterocycles. The normalized spacial score (nSPS) is 11.9. The Hall–Kier alpha value is -4.03. The smallest absolute Gasteiger partial charge is 0.280 e. The van der Waals surface area contributed by atoms with Crippen LogP contribution in [-0.2, 0) is 12.4 Å². The van der Waals surface area contributed by atoms with Crippen LogP contribution >= 0.6 is 0 Å². The summed E-state index contributed by atoms with van der Waals surface area (Å²) < 4.78 is 78.8. The first-order chi connectivity index (χ1) is 15.7. The number of nitro benzene ring substituents is 1. The van der Waals surface area contributed by atoms with E-state index in [1.807, 2.05) is 0 Å². The van der Waals surface area contributed by atoms with Crippen LogP contribution in [0.5, 0.6) is 0 Å². The van der Waals surface area contributed by atoms with Crippen LogP contribution in [0.25, 0.3) is 11.3 Å². The van der Waals surface area contributed by atoms with Crippen LogP contribution in [0.15, 0.2) is 48.7 Å². The van der Waals surface area contributed by atoms with Crippen LogP contribution in [0.2, 0.25) is 0 Å². The van der Waals surface area contributed by atoms with Crippen LogP contribution < -0.4 is 4.90 Å². The first-order valence-electron chi connectivity index (χ1n) is 9.34. The van der Waals surface area contributed by atoms with E-state index in [1.54, 1.807) is 6.92 Å². The van der Waals surface area contributed by atoms with Gasteiger partial charge in [0.05, 0.1) is 21.7 Å². The number of carbonyl (C=O) groups excluding carboxylic acids is 1. The molecule has 0 unspecified atom stereocenters. The van der Waals surface area contributed by atoms with Crippen LogP contribution in [0.3, 0.4) is 0 Å². The van der Waals surface area contributed by atoms with Crippen molar-refractivity contribution in [1.29, 1.82) is 0 Å². The van der Waals surface area contributed by atoms with Gasteiger partial charge in [-0.1, -0.05) is 0 Å². The molecule has 1 aromatic heterocycles. The number of benzene rings is 2. The van der Waals surface area contributed by atoms with Crippen LogP contribution in [0.4, 0.5) is 38.0 Å². The average Bonchev–Trinajstić information content (AvgIpc) is 2.77. The van der Waals surface area contributed by atoms with Gasteiger partial charge in [-0.3, -0.25) is 19.8 Å². The number of aryl methyl sites for hydroxylation is 1. The van der Waals surface area contributed by atoms with Gasteiger partial charge in [0.25, 0.3) is 11.6 Å². The highest BCUT2D eigenvalue weighted by Gasteiger charge is 2.38. The fourth-order valence-corrected chi connectivity index (χ4v) is 2.99. The predicted octanol–water partition coefficient (Wildman–Crippen LogP) is 5.67. The summed E-state index contributed by atoms with van der Waals surface area (Å²) in [5, 5.41) is 10.8. The summed E-state index contributed by atoms with van der Waals surface area (Å²) in [6.45, 7) is 1.62. The minimum absolute atomic E-state index is 0.0775. The molecule has 0 saturated heterocycles. The Labute approximate surface area is 187 Å². The molecular formula is C21H14F6N4O3. The van der Waals surface area contributed by atoms with Crippen molar-refractivity contribution < 1.29 is 36.1 Å². The molecule has 0 aliphatic rings. The van der Waals surface area contributed by atoms with Crippen molar-refractivity contribution >= 4 is 17.5 Å². The van der Waals surface area contributed by atoms with Gasteiger partial charge >= 0.3 is 12.4 Å². The number of amides is 1. The molecule has 34 heavy (non-hydrogen) atoms. The molecule has 13 heteroatoms. The number of carbonyl (C=O) groups is 1. The number of alkyl halides is 6. The van der Waals surface area contributed by atoms with E-state index < -0.39 is 39.9 Å². The molecule has 2 aromatic carbocycles. The Morgan fingerprint density at radius 1 is 0.971 bits per heavy atom. The van der Waals surface area contributed by atoms with Crippen molar-refractivity contribution in [3.8, 4) is 11.3 Å². The molecule has 1 amide bonds. The third-order valence-corrected chi connectivity index (χ3v) is 4.75. The minimum Gasteiger partial charge on any atom is -0.280 e. The van der Waals surface area contributed by atoms with Crippen molar-refractivity contribution in [2.24, 2.45) is 0 Å². The molecule has 3 rings (SSSR count). The van der Waals surface area contributed by atoms with Gasteiger partial charge in [-0.25, -0.2) is 9.97 Å². The largest absolute Gasteiger partial charge is 0.416 e. The van der Waals surface area contributed by atoms with Crippen molar-refractivity contribution in [2.75, 3.05) is 11.9 Å². The molecule has 178 valence electrons. The Balaban J connectivity index is 2.02. The molecule has 0 bridgehead atoms. The fourth-order valence-electron chi connectivity index (χ4n) is 2.99. The zero-order chi connectivity index (χ0) is 25.4. The number of aromatic nitrogens is 2. The minimum atomic E-state index is -5.11. The maximum absolute atomic E-state index is 13.1. The van der Waals surface area contributed by atoms with E-state index in [4.69, 9.17) is 0 Å². The molecule has 0 aliphatic heterocycles. The van der Waals surface area contributed by atoms with Gasteiger partial charge in [-0.15, -0.1) is 0 Å². The van der Waals surface area contributed by atoms with Gasteiger partial charge < -0.3 is 0 Å². The van der Waals surface area contributed by atoms with Crippen molar-refractivity contribution in [3.63, 3.8) is 0 Å². The molecule has 0 saturated carbocycles. The van der Waals surface area contributed by atoms with Gasteiger partial charge in [-0.2, -0.15) is 26.3 Å². The van der Waals surface area contributed by atoms with Crippen molar-refractivity contribution in [1.82, 2.24) is 9.97 Å². The summed E-state index contributed by atoms with van der Waals surface area (Å²) in [7, 11) is 1.10. The van der Waals surface area contributed by atoms with Crippen LogP contribution in [-0.4, -0.2) is 27.8 Å². The number of halogens is 6. The first kappa shape index (κ1) is 24.6. The zero-order valence-electron chi connectivity index (χ0n) is 17.4. The highest BCUT2D eigenvalue weighted by atomic mass is 19.4. The Morgan fingerprint density at radius 2 is 1.50 bits per heavy atom. The maximum Gasteiger partial charge on any atom is 0.416 e. The summed E-state index contributed by atoms with van der Waals surface area (Å²) in [5.41, 5.74) is -3.09. The van der Waals surface area contributed by atoms with E-state index >= 15 is 0 Å². The molecule has 0 atom stereocenters. The van der Waals surface area contributed by atoms with Gasteiger partial charge in [0.15, 0.2) is 0 Å². The summed E-state index contributed by atoms with van der Waals surface area (Å²) in [6.07, 6.45) is -8.92. The van der Waals surface area contributed by atoms with Crippen LogP contribution in [0.1, 0.15) is 27.0 Å². The van der Waals surface area contributed by atoms with Gasteiger partial charge in [0.2, 0.25) is 5.95 Å². The third kappa shape index (κ3) is 5.13.